The van der Waals surface area contributed by atoms with Gasteiger partial charge in [0.05, 0.1) is 12.0 Å². The average Bonchev–Trinajstić information content (AvgIpc) is 3.07. The van der Waals surface area contributed by atoms with Crippen LogP contribution in [0.15, 0.2) is 12.1 Å². The molecule has 1 aromatic heterocycles. The molecule has 1 aliphatic carbocycles. The molecule has 1 N–H and O–H groups in total. The monoisotopic (exact) mass is 298 g/mol. The van der Waals surface area contributed by atoms with E-state index in [1.165, 1.54) is 0 Å². The Balaban J connectivity index is 1.98. The van der Waals surface area contributed by atoms with E-state index in [1.807, 2.05) is 0 Å². The average molecular weight is 298 g/mol. The summed E-state index contributed by atoms with van der Waals surface area (Å²) >= 11 is 0. The first kappa shape index (κ1) is 13.5. The number of nitrogens with zero attached hydrogens (tertiary/aromatic N) is 4. The highest BCUT2D eigenvalue weighted by atomic mass is 19.2. The minimum atomic E-state index is -1.58. The van der Waals surface area contributed by atoms with Gasteiger partial charge < -0.3 is 5.11 Å². The summed E-state index contributed by atoms with van der Waals surface area (Å²) in [5.74, 6) is -5.29. The molecule has 0 unspecified atom stereocenters. The summed E-state index contributed by atoms with van der Waals surface area (Å²) in [7, 11) is 0. The smallest absolute Gasteiger partial charge is 0.311 e. The molecule has 1 fully saturated rings. The topological polar surface area (TPSA) is 80.9 Å². The molecule has 1 aliphatic rings. The molecule has 0 aliphatic heterocycles. The maximum atomic E-state index is 13.3. The van der Waals surface area contributed by atoms with Crippen molar-refractivity contribution in [2.45, 2.75) is 19.4 Å². The van der Waals surface area contributed by atoms with Gasteiger partial charge in [-0.1, -0.05) is 0 Å². The summed E-state index contributed by atoms with van der Waals surface area (Å²) in [6.45, 7) is -0.00865. The minimum absolute atomic E-state index is 0.00865. The molecule has 1 aromatic carbocycles. The lowest BCUT2D eigenvalue weighted by Gasteiger charge is -2.10. The predicted molar refractivity (Wildman–Crippen MR) is 62.4 cm³/mol. The second kappa shape index (κ2) is 4.54. The quantitative estimate of drug-likeness (QED) is 0.868. The Kier molecular flexibility index (Phi) is 2.92. The van der Waals surface area contributed by atoms with E-state index in [9.17, 15) is 18.0 Å². The van der Waals surface area contributed by atoms with Crippen LogP contribution in [0.1, 0.15) is 12.8 Å². The van der Waals surface area contributed by atoms with Crippen LogP contribution in [-0.4, -0.2) is 31.3 Å². The highest BCUT2D eigenvalue weighted by Gasteiger charge is 2.51. The number of hydrogen-bond acceptors (Lipinski definition) is 4. The maximum absolute atomic E-state index is 13.3. The van der Waals surface area contributed by atoms with Gasteiger partial charge in [-0.05, 0) is 35.4 Å². The molecule has 6 nitrogen and oxygen atoms in total. The van der Waals surface area contributed by atoms with E-state index in [-0.39, 0.29) is 17.9 Å². The largest absolute Gasteiger partial charge is 0.481 e. The molecule has 0 saturated heterocycles. The van der Waals surface area contributed by atoms with Gasteiger partial charge in [-0.15, -0.1) is 5.10 Å². The highest BCUT2D eigenvalue weighted by Crippen LogP contribution is 2.47. The van der Waals surface area contributed by atoms with Gasteiger partial charge in [0.15, 0.2) is 23.3 Å². The first-order valence-electron chi connectivity index (χ1n) is 6.07. The number of benzene rings is 1. The molecule has 1 heterocycles. The van der Waals surface area contributed by atoms with Crippen LogP contribution >= 0.6 is 0 Å². The van der Waals surface area contributed by atoms with Crippen molar-refractivity contribution in [2.75, 3.05) is 0 Å². The fourth-order valence-corrected chi connectivity index (χ4v) is 2.08. The molecular formula is C12H9F3N4O2. The summed E-state index contributed by atoms with van der Waals surface area (Å²) in [4.78, 5) is 11.2. The van der Waals surface area contributed by atoms with Crippen molar-refractivity contribution in [1.82, 2.24) is 20.2 Å². The first-order chi connectivity index (χ1) is 9.93. The van der Waals surface area contributed by atoms with Crippen molar-refractivity contribution in [3.8, 4) is 11.4 Å². The standard InChI is InChI=1S/C12H9F3N4O2/c13-7-3-6(4-8(14)9(7)15)10-16-17-18-19(10)5-12(1-2-12)11(20)21/h3-4H,1-2,5H2,(H,20,21). The normalized spacial score (nSPS) is 16.0. The Hall–Kier alpha value is -2.45. The lowest BCUT2D eigenvalue weighted by molar-refractivity contribution is -0.144. The van der Waals surface area contributed by atoms with E-state index in [2.05, 4.69) is 15.5 Å². The van der Waals surface area contributed by atoms with Crippen molar-refractivity contribution in [3.63, 3.8) is 0 Å². The Bertz CT molecular complexity index is 704. The number of carboxylic acid groups (broad SMARTS) is 1. The van der Waals surface area contributed by atoms with Crippen LogP contribution < -0.4 is 0 Å². The van der Waals surface area contributed by atoms with E-state index >= 15 is 0 Å². The molecule has 0 spiro atoms. The first-order valence-corrected chi connectivity index (χ1v) is 6.07. The molecule has 110 valence electrons. The van der Waals surface area contributed by atoms with Crippen LogP contribution in [0.5, 0.6) is 0 Å². The van der Waals surface area contributed by atoms with E-state index in [0.29, 0.717) is 12.8 Å². The van der Waals surface area contributed by atoms with Gasteiger partial charge >= 0.3 is 5.97 Å². The molecule has 0 bridgehead atoms. The SMILES string of the molecule is O=C(O)C1(Cn2nnnc2-c2cc(F)c(F)c(F)c2)CC1. The van der Waals surface area contributed by atoms with E-state index in [1.54, 1.807) is 0 Å². The van der Waals surface area contributed by atoms with E-state index < -0.39 is 28.8 Å². The van der Waals surface area contributed by atoms with E-state index in [4.69, 9.17) is 5.11 Å². The van der Waals surface area contributed by atoms with Crippen molar-refractivity contribution in [2.24, 2.45) is 5.41 Å². The number of carboxylic acids is 1. The van der Waals surface area contributed by atoms with E-state index in [0.717, 1.165) is 16.8 Å². The Labute approximate surface area is 116 Å². The summed E-state index contributed by atoms with van der Waals surface area (Å²) < 4.78 is 40.6. The van der Waals surface area contributed by atoms with Crippen molar-refractivity contribution in [1.29, 1.82) is 0 Å². The van der Waals surface area contributed by atoms with Crippen molar-refractivity contribution < 1.29 is 23.1 Å². The molecule has 9 heteroatoms. The summed E-state index contributed by atoms with van der Waals surface area (Å²) in [5.41, 5.74) is -1.00. The molecule has 0 atom stereocenters. The lowest BCUT2D eigenvalue weighted by Crippen LogP contribution is -2.22. The zero-order chi connectivity index (χ0) is 15.2. The lowest BCUT2D eigenvalue weighted by atomic mass is 10.1. The predicted octanol–water partition coefficient (Wildman–Crippen LogP) is 1.62. The van der Waals surface area contributed by atoms with Gasteiger partial charge in [0.25, 0.3) is 0 Å². The third kappa shape index (κ3) is 2.24. The van der Waals surface area contributed by atoms with Gasteiger partial charge in [0.1, 0.15) is 0 Å². The fourth-order valence-electron chi connectivity index (χ4n) is 2.08. The third-order valence-electron chi connectivity index (χ3n) is 3.53. The van der Waals surface area contributed by atoms with Crippen molar-refractivity contribution >= 4 is 5.97 Å². The zero-order valence-electron chi connectivity index (χ0n) is 10.6. The fraction of sp³-hybridized carbons (Fsp3) is 0.333. The van der Waals surface area contributed by atoms with Gasteiger partial charge in [-0.2, -0.15) is 0 Å². The number of aliphatic carboxylic acids is 1. The van der Waals surface area contributed by atoms with Crippen LogP contribution in [0.4, 0.5) is 13.2 Å². The van der Waals surface area contributed by atoms with Crippen LogP contribution in [-0.2, 0) is 11.3 Å². The van der Waals surface area contributed by atoms with Gasteiger partial charge in [-0.3, -0.25) is 4.79 Å². The number of hydrogen-bond donors (Lipinski definition) is 1. The van der Waals surface area contributed by atoms with Gasteiger partial charge in [0.2, 0.25) is 0 Å². The van der Waals surface area contributed by atoms with Crippen LogP contribution in [0, 0.1) is 22.9 Å². The Morgan fingerprint density at radius 2 is 1.90 bits per heavy atom. The third-order valence-corrected chi connectivity index (χ3v) is 3.53. The van der Waals surface area contributed by atoms with Gasteiger partial charge in [-0.25, -0.2) is 17.9 Å². The number of aromatic nitrogens is 4. The Morgan fingerprint density at radius 1 is 1.29 bits per heavy atom. The van der Waals surface area contributed by atoms with Crippen LogP contribution in [0.2, 0.25) is 0 Å². The molecule has 3 rings (SSSR count). The second-order valence-electron chi connectivity index (χ2n) is 5.00. The van der Waals surface area contributed by atoms with Crippen LogP contribution in [0.3, 0.4) is 0 Å². The van der Waals surface area contributed by atoms with Gasteiger partial charge in [0, 0.05) is 5.56 Å². The molecular weight excluding hydrogens is 289 g/mol. The molecule has 0 amide bonds. The summed E-state index contributed by atoms with van der Waals surface area (Å²) in [6, 6.07) is 1.53. The van der Waals surface area contributed by atoms with Crippen molar-refractivity contribution in [3.05, 3.63) is 29.6 Å². The molecule has 0 radical (unpaired) electrons. The molecule has 1 saturated carbocycles. The highest BCUT2D eigenvalue weighted by molar-refractivity contribution is 5.77. The van der Waals surface area contributed by atoms with Crippen LogP contribution in [0.25, 0.3) is 11.4 Å². The Morgan fingerprint density at radius 3 is 2.43 bits per heavy atom. The summed E-state index contributed by atoms with van der Waals surface area (Å²) in [6.07, 6.45) is 0.960. The zero-order valence-corrected chi connectivity index (χ0v) is 10.6. The number of tetrazole rings is 1. The maximum Gasteiger partial charge on any atom is 0.311 e. The summed E-state index contributed by atoms with van der Waals surface area (Å²) in [5, 5.41) is 19.8. The number of carbonyl (C=O) groups is 1. The number of halogens is 3. The minimum Gasteiger partial charge on any atom is -0.481 e. The number of rotatable bonds is 4. The molecule has 2 aromatic rings. The molecule has 21 heavy (non-hydrogen) atoms. The second-order valence-corrected chi connectivity index (χ2v) is 5.00.